The lowest BCUT2D eigenvalue weighted by Gasteiger charge is -2.28. The minimum Gasteiger partial charge on any atom is -0.476 e. The molecule has 4 nitrogen and oxygen atoms in total. The second-order valence-corrected chi connectivity index (χ2v) is 7.76. The first-order valence-electron chi connectivity index (χ1n) is 9.90. The average Bonchev–Trinajstić information content (AvgIpc) is 2.68. The molecule has 3 N–H and O–H groups in total. The van der Waals surface area contributed by atoms with Crippen LogP contribution in [0.2, 0.25) is 0 Å². The highest BCUT2D eigenvalue weighted by atomic mass is 16.5. The first-order valence-corrected chi connectivity index (χ1v) is 9.90. The molecule has 1 amide bonds. The lowest BCUT2D eigenvalue weighted by Crippen LogP contribution is -2.43. The van der Waals surface area contributed by atoms with Gasteiger partial charge >= 0.3 is 0 Å². The molecule has 1 fully saturated rings. The lowest BCUT2D eigenvalue weighted by atomic mass is 9.91. The van der Waals surface area contributed by atoms with Gasteiger partial charge in [-0.2, -0.15) is 0 Å². The number of benzene rings is 2. The molecule has 4 heteroatoms. The Balaban J connectivity index is 1.77. The molecule has 1 aliphatic carbocycles. The van der Waals surface area contributed by atoms with Crippen LogP contribution >= 0.6 is 0 Å². The molecule has 0 radical (unpaired) electrons. The summed E-state index contributed by atoms with van der Waals surface area (Å²) in [6.07, 6.45) is 3.11. The van der Waals surface area contributed by atoms with E-state index in [2.05, 4.69) is 25.2 Å². The lowest BCUT2D eigenvalue weighted by molar-refractivity contribution is -0.129. The van der Waals surface area contributed by atoms with Crippen LogP contribution < -0.4 is 15.8 Å². The molecule has 0 aromatic heterocycles. The van der Waals surface area contributed by atoms with E-state index in [1.165, 1.54) is 5.56 Å². The summed E-state index contributed by atoms with van der Waals surface area (Å²) in [7, 11) is 0. The topological polar surface area (TPSA) is 64.3 Å². The van der Waals surface area contributed by atoms with Crippen molar-refractivity contribution in [3.63, 3.8) is 0 Å². The standard InChI is InChI=1S/C23H30N2O2/c1-16(2)18-9-6-10-21(15-18)27-22(17-7-4-3-5-8-17)23(26)25-20-13-11-19(24)12-14-20/h3-10,15-16,19-20,22H,11-14,24H2,1-2H3,(H,25,26). The fourth-order valence-corrected chi connectivity index (χ4v) is 3.52. The molecule has 2 aromatic rings. The third-order valence-electron chi connectivity index (χ3n) is 5.24. The zero-order valence-electron chi connectivity index (χ0n) is 16.2. The SMILES string of the molecule is CC(C)c1cccc(OC(C(=O)NC2CCC(N)CC2)c2ccccc2)c1. The molecule has 0 spiro atoms. The van der Waals surface area contributed by atoms with Gasteiger partial charge in [0.15, 0.2) is 0 Å². The van der Waals surface area contributed by atoms with Crippen molar-refractivity contribution in [3.05, 3.63) is 65.7 Å². The van der Waals surface area contributed by atoms with Gasteiger partial charge in [-0.25, -0.2) is 0 Å². The molecule has 144 valence electrons. The number of carbonyl (C=O) groups is 1. The Hall–Kier alpha value is -2.33. The molecular weight excluding hydrogens is 336 g/mol. The Bertz CT molecular complexity index is 737. The Morgan fingerprint density at radius 1 is 1.00 bits per heavy atom. The third kappa shape index (κ3) is 5.33. The quantitative estimate of drug-likeness (QED) is 0.800. The average molecular weight is 367 g/mol. The van der Waals surface area contributed by atoms with Gasteiger partial charge in [0, 0.05) is 17.6 Å². The van der Waals surface area contributed by atoms with E-state index < -0.39 is 6.10 Å². The molecule has 0 bridgehead atoms. The van der Waals surface area contributed by atoms with E-state index in [1.54, 1.807) is 0 Å². The predicted octanol–water partition coefficient (Wildman–Crippen LogP) is 4.32. The van der Waals surface area contributed by atoms with E-state index >= 15 is 0 Å². The summed E-state index contributed by atoms with van der Waals surface area (Å²) in [4.78, 5) is 13.0. The van der Waals surface area contributed by atoms with Gasteiger partial charge in [-0.15, -0.1) is 0 Å². The summed E-state index contributed by atoms with van der Waals surface area (Å²) in [5.41, 5.74) is 8.04. The van der Waals surface area contributed by atoms with Gasteiger partial charge in [-0.05, 0) is 49.3 Å². The fraction of sp³-hybridized carbons (Fsp3) is 0.435. The zero-order chi connectivity index (χ0) is 19.2. The second-order valence-electron chi connectivity index (χ2n) is 7.76. The van der Waals surface area contributed by atoms with E-state index in [-0.39, 0.29) is 18.0 Å². The Morgan fingerprint density at radius 3 is 2.33 bits per heavy atom. The number of hydrogen-bond donors (Lipinski definition) is 2. The summed E-state index contributed by atoms with van der Waals surface area (Å²) >= 11 is 0. The first kappa shape index (κ1) is 19.4. The highest BCUT2D eigenvalue weighted by Crippen LogP contribution is 2.26. The van der Waals surface area contributed by atoms with Crippen LogP contribution in [-0.2, 0) is 4.79 Å². The number of ether oxygens (including phenoxy) is 1. The summed E-state index contributed by atoms with van der Waals surface area (Å²) in [5.74, 6) is 1.04. The van der Waals surface area contributed by atoms with Gasteiger partial charge < -0.3 is 15.8 Å². The highest BCUT2D eigenvalue weighted by Gasteiger charge is 2.27. The maximum Gasteiger partial charge on any atom is 0.266 e. The monoisotopic (exact) mass is 366 g/mol. The Morgan fingerprint density at radius 2 is 1.67 bits per heavy atom. The van der Waals surface area contributed by atoms with Gasteiger partial charge in [0.25, 0.3) is 5.91 Å². The number of nitrogens with two attached hydrogens (primary N) is 1. The third-order valence-corrected chi connectivity index (χ3v) is 5.24. The van der Waals surface area contributed by atoms with E-state index in [1.807, 2.05) is 48.5 Å². The van der Waals surface area contributed by atoms with Crippen molar-refractivity contribution in [2.75, 3.05) is 0 Å². The van der Waals surface area contributed by atoms with Gasteiger partial charge in [0.1, 0.15) is 5.75 Å². The number of hydrogen-bond acceptors (Lipinski definition) is 3. The molecule has 0 heterocycles. The van der Waals surface area contributed by atoms with Gasteiger partial charge in [-0.3, -0.25) is 4.79 Å². The summed E-state index contributed by atoms with van der Waals surface area (Å²) in [6, 6.07) is 18.1. The second kappa shape index (κ2) is 9.05. The number of carbonyl (C=O) groups excluding carboxylic acids is 1. The minimum atomic E-state index is -0.663. The van der Waals surface area contributed by atoms with Crippen LogP contribution in [0.3, 0.4) is 0 Å². The summed E-state index contributed by atoms with van der Waals surface area (Å²) in [5, 5.41) is 3.18. The van der Waals surface area contributed by atoms with Gasteiger partial charge in [0.05, 0.1) is 0 Å². The predicted molar refractivity (Wildman–Crippen MR) is 109 cm³/mol. The molecule has 3 rings (SSSR count). The minimum absolute atomic E-state index is 0.0865. The van der Waals surface area contributed by atoms with Crippen LogP contribution in [-0.4, -0.2) is 18.0 Å². The maximum absolute atomic E-state index is 13.0. The van der Waals surface area contributed by atoms with Crippen LogP contribution in [0.1, 0.15) is 62.7 Å². The van der Waals surface area contributed by atoms with E-state index in [0.717, 1.165) is 37.0 Å². The molecule has 1 aliphatic rings. The normalized spacial score (nSPS) is 20.9. The number of nitrogens with one attached hydrogen (secondary N) is 1. The van der Waals surface area contributed by atoms with E-state index in [9.17, 15) is 4.79 Å². The highest BCUT2D eigenvalue weighted by molar-refractivity contribution is 5.82. The van der Waals surface area contributed by atoms with Crippen LogP contribution in [0.4, 0.5) is 0 Å². The molecule has 0 aliphatic heterocycles. The van der Waals surface area contributed by atoms with Crippen molar-refractivity contribution in [1.29, 1.82) is 0 Å². The molecule has 1 saturated carbocycles. The molecule has 1 unspecified atom stereocenters. The molecular formula is C23H30N2O2. The molecule has 1 atom stereocenters. The van der Waals surface area contributed by atoms with Crippen molar-refractivity contribution in [1.82, 2.24) is 5.32 Å². The van der Waals surface area contributed by atoms with Crippen LogP contribution in [0.15, 0.2) is 54.6 Å². The molecule has 0 saturated heterocycles. The van der Waals surface area contributed by atoms with Gasteiger partial charge in [0.2, 0.25) is 6.10 Å². The fourth-order valence-electron chi connectivity index (χ4n) is 3.52. The van der Waals surface area contributed by atoms with Gasteiger partial charge in [-0.1, -0.05) is 56.3 Å². The van der Waals surface area contributed by atoms with Crippen molar-refractivity contribution in [2.45, 2.75) is 63.6 Å². The number of amides is 1. The van der Waals surface area contributed by atoms with Crippen LogP contribution in [0.25, 0.3) is 0 Å². The van der Waals surface area contributed by atoms with Crippen molar-refractivity contribution in [3.8, 4) is 5.75 Å². The van der Waals surface area contributed by atoms with Crippen LogP contribution in [0.5, 0.6) is 5.75 Å². The number of rotatable bonds is 6. The van der Waals surface area contributed by atoms with Crippen molar-refractivity contribution >= 4 is 5.91 Å². The Labute approximate surface area is 162 Å². The van der Waals surface area contributed by atoms with E-state index in [4.69, 9.17) is 10.5 Å². The summed E-state index contributed by atoms with van der Waals surface area (Å²) < 4.78 is 6.18. The van der Waals surface area contributed by atoms with E-state index in [0.29, 0.717) is 5.92 Å². The maximum atomic E-state index is 13.0. The summed E-state index contributed by atoms with van der Waals surface area (Å²) in [6.45, 7) is 4.29. The first-order chi connectivity index (χ1) is 13.0. The van der Waals surface area contributed by atoms with Crippen molar-refractivity contribution < 1.29 is 9.53 Å². The Kier molecular flexibility index (Phi) is 6.51. The molecule has 2 aromatic carbocycles. The zero-order valence-corrected chi connectivity index (χ0v) is 16.2. The van der Waals surface area contributed by atoms with Crippen LogP contribution in [0, 0.1) is 0 Å². The smallest absolute Gasteiger partial charge is 0.266 e. The van der Waals surface area contributed by atoms with Crippen molar-refractivity contribution in [2.24, 2.45) is 5.73 Å². The largest absolute Gasteiger partial charge is 0.476 e. The molecule has 27 heavy (non-hydrogen) atoms.